The van der Waals surface area contributed by atoms with Crippen LogP contribution in [0, 0.1) is 13.8 Å². The van der Waals surface area contributed by atoms with Crippen molar-refractivity contribution in [3.05, 3.63) is 23.2 Å². The Morgan fingerprint density at radius 1 is 1.33 bits per heavy atom. The third-order valence-corrected chi connectivity index (χ3v) is 4.86. The number of likely N-dealkylation sites (tertiary alicyclic amines) is 1. The minimum Gasteiger partial charge on any atom is -0.466 e. The standard InChI is InChI=1S/C19H32N2O3/c1-14(11-18(22)21-9-7-5-6-8-10-21)20-13-19(4,23)17-12-15(2)24-16(17)3/h12,14,20,23H,5-11,13H2,1-4H3/t14-,19-/m1/s1. The van der Waals surface area contributed by atoms with E-state index in [0.29, 0.717) is 13.0 Å². The molecule has 1 aliphatic rings. The summed E-state index contributed by atoms with van der Waals surface area (Å²) < 4.78 is 5.51. The third-order valence-electron chi connectivity index (χ3n) is 4.86. The van der Waals surface area contributed by atoms with E-state index in [-0.39, 0.29) is 11.9 Å². The van der Waals surface area contributed by atoms with Gasteiger partial charge in [-0.05, 0) is 46.6 Å². The molecule has 2 heterocycles. The molecule has 2 atom stereocenters. The van der Waals surface area contributed by atoms with Crippen LogP contribution in [0.15, 0.2) is 10.5 Å². The van der Waals surface area contributed by atoms with Gasteiger partial charge in [0, 0.05) is 37.7 Å². The first kappa shape index (κ1) is 19.0. The number of furan rings is 1. The molecule has 0 aromatic carbocycles. The van der Waals surface area contributed by atoms with Crippen molar-refractivity contribution in [2.75, 3.05) is 19.6 Å². The zero-order valence-corrected chi connectivity index (χ0v) is 15.5. The number of rotatable bonds is 6. The van der Waals surface area contributed by atoms with Crippen molar-refractivity contribution in [2.24, 2.45) is 0 Å². The fourth-order valence-corrected chi connectivity index (χ4v) is 3.42. The number of amides is 1. The molecule has 2 rings (SSSR count). The molecule has 136 valence electrons. The summed E-state index contributed by atoms with van der Waals surface area (Å²) in [5.74, 6) is 1.76. The Morgan fingerprint density at radius 2 is 1.96 bits per heavy atom. The average molecular weight is 336 g/mol. The molecule has 0 spiro atoms. The average Bonchev–Trinajstić information content (AvgIpc) is 2.73. The van der Waals surface area contributed by atoms with Crippen LogP contribution in [0.1, 0.15) is 63.0 Å². The molecule has 5 nitrogen and oxygen atoms in total. The lowest BCUT2D eigenvalue weighted by Gasteiger charge is -2.27. The van der Waals surface area contributed by atoms with Crippen molar-refractivity contribution in [3.8, 4) is 0 Å². The Kier molecular flexibility index (Phi) is 6.47. The molecule has 0 bridgehead atoms. The molecule has 1 fully saturated rings. The van der Waals surface area contributed by atoms with Gasteiger partial charge in [-0.3, -0.25) is 4.79 Å². The Hall–Kier alpha value is -1.33. The first-order chi connectivity index (χ1) is 11.3. The minimum atomic E-state index is -1.01. The minimum absolute atomic E-state index is 0.0283. The summed E-state index contributed by atoms with van der Waals surface area (Å²) in [7, 11) is 0. The fourth-order valence-electron chi connectivity index (χ4n) is 3.42. The monoisotopic (exact) mass is 336 g/mol. The molecule has 1 saturated heterocycles. The number of carbonyl (C=O) groups excluding carboxylic acids is 1. The number of nitrogens with zero attached hydrogens (tertiary/aromatic N) is 1. The topological polar surface area (TPSA) is 65.7 Å². The van der Waals surface area contributed by atoms with Crippen LogP contribution >= 0.6 is 0 Å². The zero-order chi connectivity index (χ0) is 17.7. The smallest absolute Gasteiger partial charge is 0.224 e. The van der Waals surface area contributed by atoms with E-state index in [2.05, 4.69) is 5.32 Å². The van der Waals surface area contributed by atoms with Crippen LogP contribution in [0.2, 0.25) is 0 Å². The second-order valence-electron chi connectivity index (χ2n) is 7.38. The number of hydrogen-bond acceptors (Lipinski definition) is 4. The lowest BCUT2D eigenvalue weighted by Crippen LogP contribution is -2.42. The van der Waals surface area contributed by atoms with Crippen LogP contribution < -0.4 is 5.32 Å². The lowest BCUT2D eigenvalue weighted by molar-refractivity contribution is -0.131. The van der Waals surface area contributed by atoms with Gasteiger partial charge in [-0.15, -0.1) is 0 Å². The fraction of sp³-hybridized carbons (Fsp3) is 0.737. The van der Waals surface area contributed by atoms with Crippen molar-refractivity contribution < 1.29 is 14.3 Å². The summed E-state index contributed by atoms with van der Waals surface area (Å²) in [5, 5.41) is 14.0. The van der Waals surface area contributed by atoms with Gasteiger partial charge in [0.05, 0.1) is 0 Å². The molecule has 24 heavy (non-hydrogen) atoms. The molecule has 0 saturated carbocycles. The Labute approximate surface area is 145 Å². The second-order valence-corrected chi connectivity index (χ2v) is 7.38. The molecular formula is C19H32N2O3. The van der Waals surface area contributed by atoms with Crippen LogP contribution in [0.5, 0.6) is 0 Å². The SMILES string of the molecule is Cc1cc([C@](C)(O)CN[C@H](C)CC(=O)N2CCCCCC2)c(C)o1. The van der Waals surface area contributed by atoms with Crippen molar-refractivity contribution in [2.45, 2.75) is 71.4 Å². The molecule has 0 radical (unpaired) electrons. The maximum atomic E-state index is 12.4. The van der Waals surface area contributed by atoms with Gasteiger partial charge < -0.3 is 19.7 Å². The van der Waals surface area contributed by atoms with Crippen LogP contribution in [0.25, 0.3) is 0 Å². The predicted molar refractivity (Wildman–Crippen MR) is 94.9 cm³/mol. The molecular weight excluding hydrogens is 304 g/mol. The summed E-state index contributed by atoms with van der Waals surface area (Å²) >= 11 is 0. The Balaban J connectivity index is 1.84. The number of aryl methyl sites for hydroxylation is 2. The largest absolute Gasteiger partial charge is 0.466 e. The number of hydrogen-bond donors (Lipinski definition) is 2. The number of carbonyl (C=O) groups is 1. The van der Waals surface area contributed by atoms with Crippen molar-refractivity contribution in [3.63, 3.8) is 0 Å². The summed E-state index contributed by atoms with van der Waals surface area (Å²) in [6.07, 6.45) is 5.15. The summed E-state index contributed by atoms with van der Waals surface area (Å²) in [5.41, 5.74) is -0.208. The van der Waals surface area contributed by atoms with Gasteiger partial charge in [0.1, 0.15) is 17.1 Å². The Morgan fingerprint density at radius 3 is 2.50 bits per heavy atom. The number of nitrogens with one attached hydrogen (secondary N) is 1. The van der Waals surface area contributed by atoms with Crippen LogP contribution in [-0.2, 0) is 10.4 Å². The van der Waals surface area contributed by atoms with Gasteiger partial charge in [-0.25, -0.2) is 0 Å². The highest BCUT2D eigenvalue weighted by molar-refractivity contribution is 5.76. The summed E-state index contributed by atoms with van der Waals surface area (Å²) in [6.45, 7) is 9.68. The van der Waals surface area contributed by atoms with Gasteiger partial charge in [0.2, 0.25) is 5.91 Å². The van der Waals surface area contributed by atoms with E-state index in [1.165, 1.54) is 12.8 Å². The van der Waals surface area contributed by atoms with Crippen molar-refractivity contribution in [1.82, 2.24) is 10.2 Å². The maximum absolute atomic E-state index is 12.4. The van der Waals surface area contributed by atoms with E-state index in [1.807, 2.05) is 31.7 Å². The highest BCUT2D eigenvalue weighted by Gasteiger charge is 2.28. The van der Waals surface area contributed by atoms with Gasteiger partial charge in [0.15, 0.2) is 0 Å². The highest BCUT2D eigenvalue weighted by Crippen LogP contribution is 2.26. The third kappa shape index (κ3) is 5.08. The van der Waals surface area contributed by atoms with E-state index in [1.54, 1.807) is 6.92 Å². The molecule has 0 unspecified atom stereocenters. The first-order valence-electron chi connectivity index (χ1n) is 9.10. The Bertz CT molecular complexity index is 543. The van der Waals surface area contributed by atoms with Gasteiger partial charge in [0.25, 0.3) is 0 Å². The van der Waals surface area contributed by atoms with E-state index in [9.17, 15) is 9.90 Å². The first-order valence-corrected chi connectivity index (χ1v) is 9.10. The van der Waals surface area contributed by atoms with E-state index in [4.69, 9.17) is 4.42 Å². The van der Waals surface area contributed by atoms with Gasteiger partial charge >= 0.3 is 0 Å². The van der Waals surface area contributed by atoms with Crippen LogP contribution in [0.4, 0.5) is 0 Å². The van der Waals surface area contributed by atoms with Crippen LogP contribution in [0.3, 0.4) is 0 Å². The molecule has 2 N–H and O–H groups in total. The molecule has 1 amide bonds. The van der Waals surface area contributed by atoms with Crippen LogP contribution in [-0.4, -0.2) is 41.6 Å². The normalized spacial score (nSPS) is 19.6. The van der Waals surface area contributed by atoms with Gasteiger partial charge in [-0.2, -0.15) is 0 Å². The van der Waals surface area contributed by atoms with Crippen molar-refractivity contribution in [1.29, 1.82) is 0 Å². The second kappa shape index (κ2) is 8.17. The molecule has 5 heteroatoms. The maximum Gasteiger partial charge on any atom is 0.224 e. The highest BCUT2D eigenvalue weighted by atomic mass is 16.3. The molecule has 1 aromatic rings. The zero-order valence-electron chi connectivity index (χ0n) is 15.5. The summed E-state index contributed by atoms with van der Waals surface area (Å²) in [6, 6.07) is 1.91. The lowest BCUT2D eigenvalue weighted by atomic mass is 9.95. The summed E-state index contributed by atoms with van der Waals surface area (Å²) in [4.78, 5) is 14.4. The predicted octanol–water partition coefficient (Wildman–Crippen LogP) is 2.87. The number of aliphatic hydroxyl groups is 1. The molecule has 0 aliphatic carbocycles. The van der Waals surface area contributed by atoms with E-state index < -0.39 is 5.60 Å². The molecule has 1 aliphatic heterocycles. The van der Waals surface area contributed by atoms with E-state index >= 15 is 0 Å². The van der Waals surface area contributed by atoms with Gasteiger partial charge in [-0.1, -0.05) is 12.8 Å². The molecule has 1 aromatic heterocycles. The van der Waals surface area contributed by atoms with Crippen molar-refractivity contribution >= 4 is 5.91 Å². The van der Waals surface area contributed by atoms with E-state index in [0.717, 1.165) is 43.0 Å². The quantitative estimate of drug-likeness (QED) is 0.838.